The number of benzene rings is 2. The first-order chi connectivity index (χ1) is 15.5. The number of ether oxygens (including phenoxy) is 2. The van der Waals surface area contributed by atoms with Gasteiger partial charge < -0.3 is 20.1 Å². The van der Waals surface area contributed by atoms with Crippen LogP contribution in [0.25, 0.3) is 0 Å². The van der Waals surface area contributed by atoms with Gasteiger partial charge in [-0.05, 0) is 55.8 Å². The molecule has 8 heteroatoms. The normalized spacial score (nSPS) is 15.5. The van der Waals surface area contributed by atoms with Crippen molar-refractivity contribution < 1.29 is 19.1 Å². The number of anilines is 1. The molecule has 0 saturated carbocycles. The van der Waals surface area contributed by atoms with Crippen molar-refractivity contribution in [3.05, 3.63) is 64.7 Å². The van der Waals surface area contributed by atoms with E-state index in [4.69, 9.17) is 9.47 Å². The van der Waals surface area contributed by atoms with Gasteiger partial charge in [0.25, 0.3) is 0 Å². The summed E-state index contributed by atoms with van der Waals surface area (Å²) in [5.41, 5.74) is 1.96. The van der Waals surface area contributed by atoms with Crippen molar-refractivity contribution >= 4 is 29.3 Å². The quantitative estimate of drug-likeness (QED) is 0.593. The van der Waals surface area contributed by atoms with Crippen LogP contribution in [0.1, 0.15) is 31.7 Å². The minimum atomic E-state index is -0.360. The molecule has 7 nitrogen and oxygen atoms in total. The summed E-state index contributed by atoms with van der Waals surface area (Å²) in [6, 6.07) is 16.7. The van der Waals surface area contributed by atoms with Crippen LogP contribution >= 0.6 is 11.8 Å². The molecule has 3 rings (SSSR count). The summed E-state index contributed by atoms with van der Waals surface area (Å²) in [4.78, 5) is 24.7. The van der Waals surface area contributed by atoms with Gasteiger partial charge in [0.05, 0.1) is 35.6 Å². The lowest BCUT2D eigenvalue weighted by Crippen LogP contribution is -2.31. The summed E-state index contributed by atoms with van der Waals surface area (Å²) in [6.07, 6.45) is 0.180. The van der Waals surface area contributed by atoms with Crippen LogP contribution in [0.5, 0.6) is 11.5 Å². The fraction of sp³-hybridized carbons (Fsp3) is 0.292. The minimum absolute atomic E-state index is 0.0595. The average Bonchev–Trinajstić information content (AvgIpc) is 2.79. The molecule has 0 unspecified atom stereocenters. The van der Waals surface area contributed by atoms with Crippen LogP contribution < -0.4 is 20.1 Å². The summed E-state index contributed by atoms with van der Waals surface area (Å²) in [5, 5.41) is 15.8. The van der Waals surface area contributed by atoms with Crippen molar-refractivity contribution in [2.75, 3.05) is 24.3 Å². The molecule has 0 aromatic heterocycles. The van der Waals surface area contributed by atoms with Crippen LogP contribution in [0.15, 0.2) is 59.1 Å². The van der Waals surface area contributed by atoms with Gasteiger partial charge in [-0.25, -0.2) is 0 Å². The molecular formula is C24H25N3O4S. The molecule has 1 aliphatic heterocycles. The van der Waals surface area contributed by atoms with Gasteiger partial charge in [0.15, 0.2) is 0 Å². The lowest BCUT2D eigenvalue weighted by atomic mass is 9.87. The van der Waals surface area contributed by atoms with Gasteiger partial charge in [0.2, 0.25) is 11.8 Å². The van der Waals surface area contributed by atoms with E-state index in [9.17, 15) is 14.9 Å². The van der Waals surface area contributed by atoms with E-state index in [-0.39, 0.29) is 29.9 Å². The summed E-state index contributed by atoms with van der Waals surface area (Å²) in [6.45, 7) is 4.95. The number of amides is 2. The monoisotopic (exact) mass is 451 g/mol. The number of nitrogens with one attached hydrogen (secondary N) is 2. The Kier molecular flexibility index (Phi) is 8.17. The second kappa shape index (κ2) is 11.3. The predicted octanol–water partition coefficient (Wildman–Crippen LogP) is 4.19. The topological polar surface area (TPSA) is 100 Å². The third-order valence-electron chi connectivity index (χ3n) is 4.75. The molecule has 0 fully saturated rings. The zero-order chi connectivity index (χ0) is 22.9. The maximum Gasteiger partial charge on any atom is 0.234 e. The summed E-state index contributed by atoms with van der Waals surface area (Å²) in [5.74, 6) is 0.748. The number of carbonyl (C=O) groups excluding carboxylic acids is 2. The molecule has 166 valence electrons. The Morgan fingerprint density at radius 1 is 1.09 bits per heavy atom. The number of nitriles is 1. The molecule has 1 aliphatic rings. The Balaban J connectivity index is 1.68. The van der Waals surface area contributed by atoms with Crippen LogP contribution in [0.4, 0.5) is 5.69 Å². The van der Waals surface area contributed by atoms with E-state index in [2.05, 4.69) is 16.7 Å². The average molecular weight is 452 g/mol. The largest absolute Gasteiger partial charge is 0.494 e. The van der Waals surface area contributed by atoms with Crippen molar-refractivity contribution in [2.24, 2.45) is 0 Å². The molecule has 32 heavy (non-hydrogen) atoms. The molecule has 2 aromatic carbocycles. The van der Waals surface area contributed by atoms with E-state index in [1.165, 1.54) is 0 Å². The summed E-state index contributed by atoms with van der Waals surface area (Å²) < 4.78 is 10.9. The van der Waals surface area contributed by atoms with E-state index in [1.54, 1.807) is 24.3 Å². The number of rotatable bonds is 9. The van der Waals surface area contributed by atoms with Gasteiger partial charge >= 0.3 is 0 Å². The van der Waals surface area contributed by atoms with Crippen molar-refractivity contribution in [1.29, 1.82) is 5.26 Å². The van der Waals surface area contributed by atoms with Gasteiger partial charge in [-0.15, -0.1) is 0 Å². The van der Waals surface area contributed by atoms with Crippen LogP contribution in [0.3, 0.4) is 0 Å². The number of hydrogen-bond donors (Lipinski definition) is 2. The highest BCUT2D eigenvalue weighted by Gasteiger charge is 2.29. The second-order valence-electron chi connectivity index (χ2n) is 6.96. The minimum Gasteiger partial charge on any atom is -0.494 e. The number of hydrogen-bond acceptors (Lipinski definition) is 6. The van der Waals surface area contributed by atoms with Gasteiger partial charge in [-0.1, -0.05) is 23.9 Å². The Morgan fingerprint density at radius 2 is 1.69 bits per heavy atom. The van der Waals surface area contributed by atoms with Crippen molar-refractivity contribution in [1.82, 2.24) is 5.32 Å². The Hall–Kier alpha value is -3.44. The van der Waals surface area contributed by atoms with Gasteiger partial charge in [-0.3, -0.25) is 9.59 Å². The number of nitrogens with zero attached hydrogens (tertiary/aromatic N) is 1. The molecule has 2 amide bonds. The molecule has 0 bridgehead atoms. The zero-order valence-electron chi connectivity index (χ0n) is 18.0. The molecule has 1 atom stereocenters. The highest BCUT2D eigenvalue weighted by atomic mass is 32.2. The van der Waals surface area contributed by atoms with Crippen molar-refractivity contribution in [3.63, 3.8) is 0 Å². The van der Waals surface area contributed by atoms with E-state index in [0.717, 1.165) is 28.8 Å². The molecule has 0 saturated heterocycles. The highest BCUT2D eigenvalue weighted by molar-refractivity contribution is 8.03. The fourth-order valence-electron chi connectivity index (χ4n) is 3.32. The maximum atomic E-state index is 12.4. The first-order valence-electron chi connectivity index (χ1n) is 10.4. The van der Waals surface area contributed by atoms with Crippen LogP contribution in [0, 0.1) is 11.3 Å². The predicted molar refractivity (Wildman–Crippen MR) is 124 cm³/mol. The third-order valence-corrected chi connectivity index (χ3v) is 5.76. The molecule has 1 heterocycles. The van der Waals surface area contributed by atoms with E-state index >= 15 is 0 Å². The zero-order valence-corrected chi connectivity index (χ0v) is 18.8. The van der Waals surface area contributed by atoms with Crippen molar-refractivity contribution in [3.8, 4) is 17.6 Å². The fourth-order valence-corrected chi connectivity index (χ4v) is 4.19. The van der Waals surface area contributed by atoms with Gasteiger partial charge in [-0.2, -0.15) is 5.26 Å². The molecule has 2 N–H and O–H groups in total. The Morgan fingerprint density at radius 3 is 2.25 bits per heavy atom. The smallest absolute Gasteiger partial charge is 0.234 e. The summed E-state index contributed by atoms with van der Waals surface area (Å²) in [7, 11) is 0. The van der Waals surface area contributed by atoms with E-state index in [0.29, 0.717) is 29.5 Å². The lowest BCUT2D eigenvalue weighted by molar-refractivity contribution is -0.121. The van der Waals surface area contributed by atoms with Crippen LogP contribution in [-0.2, 0) is 9.59 Å². The first kappa shape index (κ1) is 23.2. The van der Waals surface area contributed by atoms with E-state index < -0.39 is 0 Å². The Labute approximate surface area is 191 Å². The molecule has 0 aliphatic carbocycles. The molecular weight excluding hydrogens is 426 g/mol. The third kappa shape index (κ3) is 6.05. The molecule has 2 aromatic rings. The van der Waals surface area contributed by atoms with Crippen LogP contribution in [0.2, 0.25) is 0 Å². The van der Waals surface area contributed by atoms with Crippen LogP contribution in [-0.4, -0.2) is 30.8 Å². The molecule has 0 spiro atoms. The number of thioether (sulfide) groups is 1. The lowest BCUT2D eigenvalue weighted by Gasteiger charge is -2.25. The highest BCUT2D eigenvalue weighted by Crippen LogP contribution is 2.36. The van der Waals surface area contributed by atoms with E-state index in [1.807, 2.05) is 38.1 Å². The second-order valence-corrected chi connectivity index (χ2v) is 7.94. The number of allylic oxidation sites excluding steroid dienone is 1. The summed E-state index contributed by atoms with van der Waals surface area (Å²) >= 11 is 1.15. The number of carbonyl (C=O) groups is 2. The van der Waals surface area contributed by atoms with Crippen molar-refractivity contribution in [2.45, 2.75) is 26.2 Å². The van der Waals surface area contributed by atoms with Gasteiger partial charge in [0.1, 0.15) is 11.5 Å². The Bertz CT molecular complexity index is 1030. The van der Waals surface area contributed by atoms with Gasteiger partial charge in [0, 0.05) is 18.0 Å². The molecule has 0 radical (unpaired) electrons. The SMILES string of the molecule is CCOc1ccc(NC(=O)CSC2=C(C#N)[C@@H](c3ccc(OCC)cc3)CC(=O)N2)cc1. The maximum absolute atomic E-state index is 12.4. The first-order valence-corrected chi connectivity index (χ1v) is 11.3. The standard InChI is InChI=1S/C24H25N3O4S/c1-3-30-18-9-5-16(6-10-18)20-13-22(28)27-24(21(20)14-25)32-15-23(29)26-17-7-11-19(12-8-17)31-4-2/h5-12,20H,3-4,13,15H2,1-2H3,(H,26,29)(H,27,28)/t20-/m1/s1.